The molecule has 0 unspecified atom stereocenters. The molecule has 2 aromatic rings. The lowest BCUT2D eigenvalue weighted by Gasteiger charge is -2.10. The highest BCUT2D eigenvalue weighted by atomic mass is 32.1. The maximum atomic E-state index is 12.0. The van der Waals surface area contributed by atoms with E-state index in [1.165, 1.54) is 23.5 Å². The van der Waals surface area contributed by atoms with Gasteiger partial charge in [-0.15, -0.1) is 11.3 Å². The quantitative estimate of drug-likeness (QED) is 0.911. The Hall–Kier alpha value is -1.76. The zero-order valence-corrected chi connectivity index (χ0v) is 10.6. The van der Waals surface area contributed by atoms with Crippen molar-refractivity contribution < 1.29 is 17.9 Å². The summed E-state index contributed by atoms with van der Waals surface area (Å²) >= 11 is 1.53. The summed E-state index contributed by atoms with van der Waals surface area (Å²) in [6, 6.07) is 6.35. The van der Waals surface area contributed by atoms with E-state index in [0.717, 1.165) is 10.6 Å². The van der Waals surface area contributed by atoms with Crippen LogP contribution >= 0.6 is 11.3 Å². The minimum atomic E-state index is -4.32. The normalized spacial score (nSPS) is 11.3. The van der Waals surface area contributed by atoms with E-state index in [0.29, 0.717) is 6.54 Å². The molecule has 102 valence electrons. The Morgan fingerprint density at radius 1 is 1.21 bits per heavy atom. The lowest BCUT2D eigenvalue weighted by atomic mass is 10.3. The predicted molar refractivity (Wildman–Crippen MR) is 67.4 cm³/mol. The molecule has 0 aliphatic rings. The molecule has 0 aliphatic carbocycles. The molecule has 0 saturated heterocycles. The first kappa shape index (κ1) is 13.7. The Morgan fingerprint density at radius 2 is 1.95 bits per heavy atom. The Labute approximate surface area is 112 Å². The SMILES string of the molecule is FC(F)(F)COc1ccc(NCc2cncs2)cc1. The van der Waals surface area contributed by atoms with Gasteiger partial charge in [0.25, 0.3) is 0 Å². The van der Waals surface area contributed by atoms with Crippen molar-refractivity contribution in [1.29, 1.82) is 0 Å². The number of nitrogens with zero attached hydrogens (tertiary/aromatic N) is 1. The molecule has 1 aromatic heterocycles. The Bertz CT molecular complexity index is 497. The van der Waals surface area contributed by atoms with Gasteiger partial charge in [0.15, 0.2) is 6.61 Å². The number of anilines is 1. The minimum absolute atomic E-state index is 0.195. The average molecular weight is 288 g/mol. The van der Waals surface area contributed by atoms with Gasteiger partial charge in [-0.2, -0.15) is 13.2 Å². The number of rotatable bonds is 5. The molecule has 0 aliphatic heterocycles. The largest absolute Gasteiger partial charge is 0.484 e. The minimum Gasteiger partial charge on any atom is -0.484 e. The summed E-state index contributed by atoms with van der Waals surface area (Å²) < 4.78 is 40.5. The van der Waals surface area contributed by atoms with Gasteiger partial charge < -0.3 is 10.1 Å². The second-order valence-electron chi connectivity index (χ2n) is 3.75. The second-order valence-corrected chi connectivity index (χ2v) is 4.72. The zero-order chi connectivity index (χ0) is 13.7. The van der Waals surface area contributed by atoms with Crippen LogP contribution in [0.3, 0.4) is 0 Å². The number of benzene rings is 1. The molecular formula is C12H11F3N2OS. The summed E-state index contributed by atoms with van der Waals surface area (Å²) in [7, 11) is 0. The molecule has 1 N–H and O–H groups in total. The van der Waals surface area contributed by atoms with Crippen LogP contribution in [0, 0.1) is 0 Å². The monoisotopic (exact) mass is 288 g/mol. The van der Waals surface area contributed by atoms with Gasteiger partial charge in [-0.3, -0.25) is 4.98 Å². The summed E-state index contributed by atoms with van der Waals surface area (Å²) in [6.07, 6.45) is -2.55. The summed E-state index contributed by atoms with van der Waals surface area (Å²) in [6.45, 7) is -0.645. The highest BCUT2D eigenvalue weighted by Crippen LogP contribution is 2.20. The standard InChI is InChI=1S/C12H11F3N2OS/c13-12(14,15)7-18-10-3-1-9(2-4-10)17-6-11-5-16-8-19-11/h1-5,8,17H,6-7H2. The fourth-order valence-electron chi connectivity index (χ4n) is 1.35. The fraction of sp³-hybridized carbons (Fsp3) is 0.250. The van der Waals surface area contributed by atoms with Crippen LogP contribution < -0.4 is 10.1 Å². The number of hydrogen-bond acceptors (Lipinski definition) is 4. The summed E-state index contributed by atoms with van der Waals surface area (Å²) in [4.78, 5) is 5.03. The Balaban J connectivity index is 1.84. The molecule has 1 heterocycles. The van der Waals surface area contributed by atoms with E-state index >= 15 is 0 Å². The van der Waals surface area contributed by atoms with Crippen molar-refractivity contribution in [1.82, 2.24) is 4.98 Å². The van der Waals surface area contributed by atoms with E-state index in [9.17, 15) is 13.2 Å². The topological polar surface area (TPSA) is 34.1 Å². The van der Waals surface area contributed by atoms with Crippen molar-refractivity contribution in [3.63, 3.8) is 0 Å². The molecule has 3 nitrogen and oxygen atoms in total. The van der Waals surface area contributed by atoms with Crippen molar-refractivity contribution in [2.45, 2.75) is 12.7 Å². The van der Waals surface area contributed by atoms with E-state index < -0.39 is 12.8 Å². The fourth-order valence-corrected chi connectivity index (χ4v) is 1.89. The van der Waals surface area contributed by atoms with E-state index in [1.807, 2.05) is 0 Å². The van der Waals surface area contributed by atoms with Gasteiger partial charge in [0.05, 0.1) is 12.1 Å². The molecule has 0 saturated carbocycles. The van der Waals surface area contributed by atoms with Crippen LogP contribution in [0.15, 0.2) is 36.0 Å². The van der Waals surface area contributed by atoms with Gasteiger partial charge in [0.1, 0.15) is 5.75 Å². The molecule has 7 heteroatoms. The first-order chi connectivity index (χ1) is 9.03. The smallest absolute Gasteiger partial charge is 0.422 e. The van der Waals surface area contributed by atoms with Crippen molar-refractivity contribution in [3.8, 4) is 5.75 Å². The Morgan fingerprint density at radius 3 is 2.53 bits per heavy atom. The van der Waals surface area contributed by atoms with Crippen LogP contribution in [0.5, 0.6) is 5.75 Å². The number of hydrogen-bond donors (Lipinski definition) is 1. The van der Waals surface area contributed by atoms with Crippen LogP contribution in [0.25, 0.3) is 0 Å². The molecule has 0 bridgehead atoms. The number of thiazole rings is 1. The highest BCUT2D eigenvalue weighted by molar-refractivity contribution is 7.09. The summed E-state index contributed by atoms with van der Waals surface area (Å²) in [5, 5.41) is 3.14. The molecule has 1 aromatic carbocycles. The molecule has 0 atom stereocenters. The van der Waals surface area contributed by atoms with Crippen LogP contribution in [0.1, 0.15) is 4.88 Å². The number of alkyl halides is 3. The van der Waals surface area contributed by atoms with Crippen LogP contribution in [-0.2, 0) is 6.54 Å². The molecule has 0 spiro atoms. The second kappa shape index (κ2) is 5.92. The summed E-state index contributed by atoms with van der Waals surface area (Å²) in [5.41, 5.74) is 2.55. The predicted octanol–water partition coefficient (Wildman–Crippen LogP) is 3.70. The average Bonchev–Trinajstić information content (AvgIpc) is 2.87. The number of aromatic nitrogens is 1. The molecular weight excluding hydrogens is 277 g/mol. The molecule has 0 fully saturated rings. The lowest BCUT2D eigenvalue weighted by molar-refractivity contribution is -0.153. The number of halogens is 3. The van der Waals surface area contributed by atoms with Crippen molar-refractivity contribution in [2.75, 3.05) is 11.9 Å². The van der Waals surface area contributed by atoms with Crippen molar-refractivity contribution in [2.24, 2.45) is 0 Å². The molecule has 0 radical (unpaired) electrons. The van der Waals surface area contributed by atoms with Gasteiger partial charge in [-0.1, -0.05) is 0 Å². The van der Waals surface area contributed by atoms with Crippen molar-refractivity contribution in [3.05, 3.63) is 40.8 Å². The molecule has 0 amide bonds. The maximum Gasteiger partial charge on any atom is 0.422 e. The highest BCUT2D eigenvalue weighted by Gasteiger charge is 2.28. The molecule has 19 heavy (non-hydrogen) atoms. The first-order valence-corrected chi connectivity index (χ1v) is 6.32. The van der Waals surface area contributed by atoms with Crippen LogP contribution in [-0.4, -0.2) is 17.8 Å². The van der Waals surface area contributed by atoms with Gasteiger partial charge in [0, 0.05) is 16.8 Å². The third kappa shape index (κ3) is 4.78. The van der Waals surface area contributed by atoms with Crippen LogP contribution in [0.2, 0.25) is 0 Å². The summed E-state index contributed by atoms with van der Waals surface area (Å²) in [5.74, 6) is 0.195. The van der Waals surface area contributed by atoms with Crippen molar-refractivity contribution >= 4 is 17.0 Å². The Kier molecular flexibility index (Phi) is 4.26. The third-order valence-electron chi connectivity index (χ3n) is 2.21. The first-order valence-electron chi connectivity index (χ1n) is 5.44. The van der Waals surface area contributed by atoms with E-state index in [2.05, 4.69) is 15.0 Å². The van der Waals surface area contributed by atoms with E-state index in [4.69, 9.17) is 0 Å². The van der Waals surface area contributed by atoms with Crippen LogP contribution in [0.4, 0.5) is 18.9 Å². The third-order valence-corrected chi connectivity index (χ3v) is 2.99. The van der Waals surface area contributed by atoms with Gasteiger partial charge in [-0.05, 0) is 24.3 Å². The maximum absolute atomic E-state index is 12.0. The van der Waals surface area contributed by atoms with E-state index in [1.54, 1.807) is 23.8 Å². The van der Waals surface area contributed by atoms with Gasteiger partial charge in [-0.25, -0.2) is 0 Å². The van der Waals surface area contributed by atoms with Gasteiger partial charge in [0.2, 0.25) is 0 Å². The van der Waals surface area contributed by atoms with E-state index in [-0.39, 0.29) is 5.75 Å². The van der Waals surface area contributed by atoms with Gasteiger partial charge >= 0.3 is 6.18 Å². The lowest BCUT2D eigenvalue weighted by Crippen LogP contribution is -2.19. The molecule has 2 rings (SSSR count). The number of ether oxygens (including phenoxy) is 1. The zero-order valence-electron chi connectivity index (χ0n) is 9.78. The number of nitrogens with one attached hydrogen (secondary N) is 1.